The summed E-state index contributed by atoms with van der Waals surface area (Å²) in [5.41, 5.74) is 2.25. The standard InChI is InChI=1S/C16H18N6OS/c1-11-8-12(2)22-16(21-11)24-10-14(23)18-6-7-20-15-13(9-17)4-3-5-19-15/h3-5,8H,6-7,10H2,1-2H3,(H,18,23)(H,19,20). The average molecular weight is 342 g/mol. The highest BCUT2D eigenvalue weighted by Gasteiger charge is 2.06. The number of anilines is 1. The van der Waals surface area contributed by atoms with E-state index in [-0.39, 0.29) is 11.7 Å². The number of rotatable bonds is 7. The number of nitrogens with one attached hydrogen (secondary N) is 2. The van der Waals surface area contributed by atoms with Gasteiger partial charge in [-0.15, -0.1) is 0 Å². The molecule has 0 aromatic carbocycles. The minimum atomic E-state index is -0.0916. The first kappa shape index (κ1) is 17.7. The first-order valence-corrected chi connectivity index (χ1v) is 8.38. The molecule has 0 saturated heterocycles. The molecule has 0 fully saturated rings. The first-order valence-electron chi connectivity index (χ1n) is 7.39. The number of pyridine rings is 1. The fourth-order valence-corrected chi connectivity index (χ4v) is 2.74. The zero-order valence-electron chi connectivity index (χ0n) is 13.5. The van der Waals surface area contributed by atoms with Crippen LogP contribution >= 0.6 is 11.8 Å². The predicted molar refractivity (Wildman–Crippen MR) is 92.7 cm³/mol. The van der Waals surface area contributed by atoms with Crippen molar-refractivity contribution in [1.82, 2.24) is 20.3 Å². The number of aromatic nitrogens is 3. The van der Waals surface area contributed by atoms with Crippen molar-refractivity contribution in [2.24, 2.45) is 0 Å². The van der Waals surface area contributed by atoms with Gasteiger partial charge in [0.1, 0.15) is 11.9 Å². The van der Waals surface area contributed by atoms with Crippen molar-refractivity contribution in [2.75, 3.05) is 24.2 Å². The number of hydrogen-bond acceptors (Lipinski definition) is 7. The van der Waals surface area contributed by atoms with Crippen LogP contribution in [-0.2, 0) is 4.79 Å². The number of aryl methyl sites for hydroxylation is 2. The van der Waals surface area contributed by atoms with Crippen LogP contribution in [0.3, 0.4) is 0 Å². The number of hydrogen-bond donors (Lipinski definition) is 2. The van der Waals surface area contributed by atoms with E-state index in [1.807, 2.05) is 19.9 Å². The molecular formula is C16H18N6OS. The van der Waals surface area contributed by atoms with E-state index in [0.29, 0.717) is 29.6 Å². The van der Waals surface area contributed by atoms with E-state index in [4.69, 9.17) is 5.26 Å². The lowest BCUT2D eigenvalue weighted by Crippen LogP contribution is -2.30. The summed E-state index contributed by atoms with van der Waals surface area (Å²) in [7, 11) is 0. The van der Waals surface area contributed by atoms with Gasteiger partial charge in [-0.2, -0.15) is 5.26 Å². The van der Waals surface area contributed by atoms with Crippen LogP contribution < -0.4 is 10.6 Å². The van der Waals surface area contributed by atoms with Crippen molar-refractivity contribution < 1.29 is 4.79 Å². The second kappa shape index (κ2) is 8.84. The highest BCUT2D eigenvalue weighted by atomic mass is 32.2. The molecule has 8 heteroatoms. The van der Waals surface area contributed by atoms with Crippen LogP contribution in [0.1, 0.15) is 17.0 Å². The molecule has 0 atom stereocenters. The molecule has 2 aromatic rings. The quantitative estimate of drug-likeness (QED) is 0.448. The maximum atomic E-state index is 11.8. The maximum Gasteiger partial charge on any atom is 0.230 e. The van der Waals surface area contributed by atoms with Crippen molar-refractivity contribution in [3.05, 3.63) is 41.3 Å². The Labute approximate surface area is 144 Å². The summed E-state index contributed by atoms with van der Waals surface area (Å²) < 4.78 is 0. The fourth-order valence-electron chi connectivity index (χ4n) is 1.96. The summed E-state index contributed by atoms with van der Waals surface area (Å²) in [6, 6.07) is 7.35. The van der Waals surface area contributed by atoms with Gasteiger partial charge in [0.25, 0.3) is 0 Å². The van der Waals surface area contributed by atoms with Gasteiger partial charge in [-0.3, -0.25) is 4.79 Å². The van der Waals surface area contributed by atoms with Crippen LogP contribution in [0, 0.1) is 25.2 Å². The van der Waals surface area contributed by atoms with Crippen molar-refractivity contribution in [3.63, 3.8) is 0 Å². The van der Waals surface area contributed by atoms with E-state index < -0.39 is 0 Å². The lowest BCUT2D eigenvalue weighted by Gasteiger charge is -2.08. The van der Waals surface area contributed by atoms with Gasteiger partial charge in [-0.05, 0) is 32.0 Å². The van der Waals surface area contributed by atoms with Crippen LogP contribution in [-0.4, -0.2) is 39.7 Å². The Morgan fingerprint density at radius 3 is 2.75 bits per heavy atom. The summed E-state index contributed by atoms with van der Waals surface area (Å²) in [4.78, 5) is 24.5. The van der Waals surface area contributed by atoms with E-state index in [1.165, 1.54) is 11.8 Å². The molecule has 0 aliphatic rings. The van der Waals surface area contributed by atoms with E-state index in [9.17, 15) is 4.79 Å². The summed E-state index contributed by atoms with van der Waals surface area (Å²) in [5.74, 6) is 0.689. The summed E-state index contributed by atoms with van der Waals surface area (Å²) in [6.45, 7) is 4.73. The second-order valence-corrected chi connectivity index (χ2v) is 5.95. The number of carbonyl (C=O) groups excluding carboxylic acids is 1. The van der Waals surface area contributed by atoms with Gasteiger partial charge in [-0.25, -0.2) is 15.0 Å². The van der Waals surface area contributed by atoms with E-state index in [0.717, 1.165) is 11.4 Å². The average Bonchev–Trinajstić information content (AvgIpc) is 2.56. The van der Waals surface area contributed by atoms with Gasteiger partial charge < -0.3 is 10.6 Å². The molecule has 2 rings (SSSR count). The smallest absolute Gasteiger partial charge is 0.230 e. The third-order valence-corrected chi connectivity index (χ3v) is 3.81. The largest absolute Gasteiger partial charge is 0.367 e. The Balaban J connectivity index is 1.71. The number of nitriles is 1. The van der Waals surface area contributed by atoms with Gasteiger partial charge in [-0.1, -0.05) is 11.8 Å². The minimum absolute atomic E-state index is 0.0916. The topological polar surface area (TPSA) is 104 Å². The second-order valence-electron chi connectivity index (χ2n) is 5.01. The molecule has 1 amide bonds. The summed E-state index contributed by atoms with van der Waals surface area (Å²) in [6.07, 6.45) is 1.61. The highest BCUT2D eigenvalue weighted by Crippen LogP contribution is 2.13. The van der Waals surface area contributed by atoms with E-state index in [2.05, 4.69) is 31.7 Å². The van der Waals surface area contributed by atoms with E-state index >= 15 is 0 Å². The summed E-state index contributed by atoms with van der Waals surface area (Å²) in [5, 5.41) is 15.4. The lowest BCUT2D eigenvalue weighted by molar-refractivity contribution is -0.118. The molecule has 0 unspecified atom stereocenters. The fraction of sp³-hybridized carbons (Fsp3) is 0.312. The number of carbonyl (C=O) groups is 1. The van der Waals surface area contributed by atoms with Crippen molar-refractivity contribution >= 4 is 23.5 Å². The lowest BCUT2D eigenvalue weighted by atomic mass is 10.3. The molecule has 0 radical (unpaired) electrons. The Morgan fingerprint density at radius 2 is 2.04 bits per heavy atom. The molecule has 2 aromatic heterocycles. The molecular weight excluding hydrogens is 324 g/mol. The van der Waals surface area contributed by atoms with E-state index in [1.54, 1.807) is 18.3 Å². The molecule has 0 spiro atoms. The molecule has 0 aliphatic heterocycles. The predicted octanol–water partition coefficient (Wildman–Crippen LogP) is 1.68. The number of amides is 1. The number of nitrogens with zero attached hydrogens (tertiary/aromatic N) is 4. The van der Waals surface area contributed by atoms with Gasteiger partial charge >= 0.3 is 0 Å². The Morgan fingerprint density at radius 1 is 1.29 bits per heavy atom. The van der Waals surface area contributed by atoms with Gasteiger partial charge in [0.15, 0.2) is 5.16 Å². The third kappa shape index (κ3) is 5.52. The maximum absolute atomic E-state index is 11.8. The van der Waals surface area contributed by atoms with Gasteiger partial charge in [0.2, 0.25) is 5.91 Å². The Hall–Kier alpha value is -2.66. The number of thioether (sulfide) groups is 1. The van der Waals surface area contributed by atoms with Gasteiger partial charge in [0, 0.05) is 30.7 Å². The molecule has 0 bridgehead atoms. The molecule has 7 nitrogen and oxygen atoms in total. The minimum Gasteiger partial charge on any atom is -0.367 e. The summed E-state index contributed by atoms with van der Waals surface area (Å²) >= 11 is 1.31. The van der Waals surface area contributed by atoms with Crippen LogP contribution in [0.15, 0.2) is 29.6 Å². The Kier molecular flexibility index (Phi) is 6.51. The molecule has 0 saturated carbocycles. The van der Waals surface area contributed by atoms with Crippen molar-refractivity contribution in [3.8, 4) is 6.07 Å². The van der Waals surface area contributed by atoms with Crippen LogP contribution in [0.2, 0.25) is 0 Å². The normalized spacial score (nSPS) is 10.0. The molecule has 2 N–H and O–H groups in total. The third-order valence-electron chi connectivity index (χ3n) is 2.96. The SMILES string of the molecule is Cc1cc(C)nc(SCC(=O)NCCNc2ncccc2C#N)n1. The highest BCUT2D eigenvalue weighted by molar-refractivity contribution is 7.99. The monoisotopic (exact) mass is 342 g/mol. The van der Waals surface area contributed by atoms with Gasteiger partial charge in [0.05, 0.1) is 11.3 Å². The van der Waals surface area contributed by atoms with Crippen LogP contribution in [0.5, 0.6) is 0 Å². The van der Waals surface area contributed by atoms with Crippen LogP contribution in [0.25, 0.3) is 0 Å². The van der Waals surface area contributed by atoms with Crippen molar-refractivity contribution in [2.45, 2.75) is 19.0 Å². The molecule has 0 aliphatic carbocycles. The molecule has 2 heterocycles. The zero-order valence-corrected chi connectivity index (χ0v) is 14.4. The Bertz CT molecular complexity index is 738. The zero-order chi connectivity index (χ0) is 17.4. The molecule has 124 valence electrons. The van der Waals surface area contributed by atoms with Crippen molar-refractivity contribution in [1.29, 1.82) is 5.26 Å². The molecule has 24 heavy (non-hydrogen) atoms. The first-order chi connectivity index (χ1) is 11.6. The van der Waals surface area contributed by atoms with Crippen LogP contribution in [0.4, 0.5) is 5.82 Å².